The number of H-pyrrole nitrogens is 1. The van der Waals surface area contributed by atoms with Gasteiger partial charge in [0.25, 0.3) is 0 Å². The molecule has 2 nitrogen and oxygen atoms in total. The Bertz CT molecular complexity index is 712. The highest BCUT2D eigenvalue weighted by atomic mass is 35.5. The van der Waals surface area contributed by atoms with Gasteiger partial charge in [0.1, 0.15) is 16.3 Å². The fourth-order valence-electron chi connectivity index (χ4n) is 2.58. The van der Waals surface area contributed by atoms with Crippen LogP contribution in [0.4, 0.5) is 4.39 Å². The second-order valence-corrected chi connectivity index (χ2v) is 5.83. The fourth-order valence-corrected chi connectivity index (χ4v) is 3.07. The number of rotatable bonds is 1. The summed E-state index contributed by atoms with van der Waals surface area (Å²) in [5.74, 6) is 0.237. The highest BCUT2D eigenvalue weighted by Crippen LogP contribution is 2.25. The van der Waals surface area contributed by atoms with Crippen LogP contribution in [0, 0.1) is 10.5 Å². The van der Waals surface area contributed by atoms with Crippen LogP contribution in [0.1, 0.15) is 30.5 Å². The summed E-state index contributed by atoms with van der Waals surface area (Å²) in [6.45, 7) is 0. The minimum atomic E-state index is -0.427. The first-order valence-electron chi connectivity index (χ1n) is 6.72. The topological polar surface area (TPSA) is 28.7 Å². The van der Waals surface area contributed by atoms with E-state index in [1.807, 2.05) is 0 Å². The molecule has 0 spiro atoms. The molecule has 0 bridgehead atoms. The molecule has 3 rings (SSSR count). The Hall–Kier alpha value is -1.26. The van der Waals surface area contributed by atoms with Gasteiger partial charge in [0.15, 0.2) is 0 Å². The van der Waals surface area contributed by atoms with Gasteiger partial charge in [-0.15, -0.1) is 0 Å². The molecule has 0 saturated heterocycles. The molecule has 2 aromatic rings. The largest absolute Gasteiger partial charge is 0.343 e. The highest BCUT2D eigenvalue weighted by molar-refractivity contribution is 7.71. The van der Waals surface area contributed by atoms with Gasteiger partial charge in [-0.3, -0.25) is 0 Å². The molecule has 0 unspecified atom stereocenters. The van der Waals surface area contributed by atoms with Crippen molar-refractivity contribution in [2.75, 3.05) is 0 Å². The summed E-state index contributed by atoms with van der Waals surface area (Å²) in [5.41, 5.74) is 3.09. The first-order valence-corrected chi connectivity index (χ1v) is 7.51. The van der Waals surface area contributed by atoms with Crippen molar-refractivity contribution in [3.05, 3.63) is 44.9 Å². The van der Waals surface area contributed by atoms with Crippen molar-refractivity contribution in [3.8, 4) is 11.4 Å². The molecule has 1 aliphatic carbocycles. The summed E-state index contributed by atoms with van der Waals surface area (Å²) < 4.78 is 13.9. The van der Waals surface area contributed by atoms with Crippen LogP contribution in [0.3, 0.4) is 0 Å². The van der Waals surface area contributed by atoms with Gasteiger partial charge in [-0.2, -0.15) is 0 Å². The molecule has 0 radical (unpaired) electrons. The smallest absolute Gasteiger partial charge is 0.141 e. The van der Waals surface area contributed by atoms with E-state index in [0.29, 0.717) is 10.5 Å². The molecule has 1 aromatic carbocycles. The zero-order valence-corrected chi connectivity index (χ0v) is 12.5. The van der Waals surface area contributed by atoms with E-state index >= 15 is 0 Å². The van der Waals surface area contributed by atoms with Crippen LogP contribution in [-0.4, -0.2) is 9.97 Å². The molecule has 5 heteroatoms. The van der Waals surface area contributed by atoms with Crippen molar-refractivity contribution in [1.29, 1.82) is 0 Å². The third-order valence-electron chi connectivity index (χ3n) is 3.65. The van der Waals surface area contributed by atoms with Crippen LogP contribution in [0.2, 0.25) is 5.02 Å². The second kappa shape index (κ2) is 5.62. The normalized spacial score (nSPS) is 14.7. The number of fused-ring (bicyclic) bond motifs is 1. The van der Waals surface area contributed by atoms with Gasteiger partial charge < -0.3 is 4.98 Å². The Balaban J connectivity index is 2.10. The van der Waals surface area contributed by atoms with Crippen LogP contribution in [0.5, 0.6) is 0 Å². The summed E-state index contributed by atoms with van der Waals surface area (Å²) in [7, 11) is 0. The van der Waals surface area contributed by atoms with Gasteiger partial charge in [0, 0.05) is 16.8 Å². The highest BCUT2D eigenvalue weighted by Gasteiger charge is 2.13. The average molecular weight is 309 g/mol. The third-order valence-corrected chi connectivity index (χ3v) is 4.28. The first-order chi connectivity index (χ1) is 9.65. The molecule has 0 atom stereocenters. The molecule has 0 aliphatic heterocycles. The van der Waals surface area contributed by atoms with E-state index in [1.54, 1.807) is 12.1 Å². The van der Waals surface area contributed by atoms with Crippen molar-refractivity contribution in [2.24, 2.45) is 0 Å². The van der Waals surface area contributed by atoms with Crippen LogP contribution in [0.15, 0.2) is 18.2 Å². The number of aromatic amines is 1. The van der Waals surface area contributed by atoms with Crippen LogP contribution >= 0.6 is 23.8 Å². The molecule has 1 N–H and O–H groups in total. The summed E-state index contributed by atoms with van der Waals surface area (Å²) in [6.07, 6.45) is 5.51. The lowest BCUT2D eigenvalue weighted by Gasteiger charge is -2.10. The molecule has 1 heterocycles. The van der Waals surface area contributed by atoms with Crippen molar-refractivity contribution >= 4 is 23.8 Å². The lowest BCUT2D eigenvalue weighted by Crippen LogP contribution is -2.02. The zero-order chi connectivity index (χ0) is 14.1. The number of nitrogens with one attached hydrogen (secondary N) is 1. The Morgan fingerprint density at radius 2 is 2.00 bits per heavy atom. The van der Waals surface area contributed by atoms with E-state index in [0.717, 1.165) is 42.5 Å². The number of nitrogens with zero attached hydrogens (tertiary/aromatic N) is 1. The maximum atomic E-state index is 13.2. The summed E-state index contributed by atoms with van der Waals surface area (Å²) in [6, 6.07) is 4.59. The van der Waals surface area contributed by atoms with Gasteiger partial charge in [-0.1, -0.05) is 30.2 Å². The number of hydrogen-bond acceptors (Lipinski definition) is 2. The van der Waals surface area contributed by atoms with Crippen LogP contribution in [-0.2, 0) is 12.8 Å². The summed E-state index contributed by atoms with van der Waals surface area (Å²) in [5, 5.41) is 0.0959. The van der Waals surface area contributed by atoms with E-state index in [2.05, 4.69) is 9.97 Å². The molecule has 0 saturated carbocycles. The van der Waals surface area contributed by atoms with Gasteiger partial charge >= 0.3 is 0 Å². The van der Waals surface area contributed by atoms with Crippen molar-refractivity contribution in [3.63, 3.8) is 0 Å². The number of aromatic nitrogens is 2. The Morgan fingerprint density at radius 1 is 1.20 bits per heavy atom. The number of hydrogen-bond donors (Lipinski definition) is 1. The fraction of sp³-hybridized carbons (Fsp3) is 0.333. The van der Waals surface area contributed by atoms with Crippen LogP contribution < -0.4 is 0 Å². The standard InChI is InChI=1S/C15H14ClFN2S/c16-11-8-9(6-7-12(11)17)14-18-13-5-3-1-2-4-10(13)15(20)19-14/h6-8H,1-5H2,(H,18,19,20). The Morgan fingerprint density at radius 3 is 2.80 bits per heavy atom. The quantitative estimate of drug-likeness (QED) is 0.601. The van der Waals surface area contributed by atoms with Crippen molar-refractivity contribution in [2.45, 2.75) is 32.1 Å². The van der Waals surface area contributed by atoms with Gasteiger partial charge in [0.2, 0.25) is 0 Å². The van der Waals surface area contributed by atoms with E-state index in [1.165, 1.54) is 12.5 Å². The molecule has 1 aromatic heterocycles. The summed E-state index contributed by atoms with van der Waals surface area (Å²) >= 11 is 11.2. The minimum Gasteiger partial charge on any atom is -0.343 e. The Kier molecular flexibility index (Phi) is 3.85. The predicted octanol–water partition coefficient (Wildman–Crippen LogP) is 4.87. The third kappa shape index (κ3) is 2.63. The molecular formula is C15H14ClFN2S. The molecular weight excluding hydrogens is 295 g/mol. The number of halogens is 2. The van der Waals surface area contributed by atoms with Gasteiger partial charge in [0.05, 0.1) is 5.02 Å². The monoisotopic (exact) mass is 308 g/mol. The SMILES string of the molecule is Fc1ccc(-c2nc(=S)c3c([nH]2)CCCCC3)cc1Cl. The Labute approximate surface area is 127 Å². The van der Waals surface area contributed by atoms with Crippen molar-refractivity contribution in [1.82, 2.24) is 9.97 Å². The maximum Gasteiger partial charge on any atom is 0.141 e. The van der Waals surface area contributed by atoms with Crippen molar-refractivity contribution < 1.29 is 4.39 Å². The molecule has 0 amide bonds. The second-order valence-electron chi connectivity index (χ2n) is 5.04. The predicted molar refractivity (Wildman–Crippen MR) is 81.1 cm³/mol. The molecule has 1 aliphatic rings. The van der Waals surface area contributed by atoms with E-state index in [-0.39, 0.29) is 5.02 Å². The van der Waals surface area contributed by atoms with Gasteiger partial charge in [-0.05, 0) is 43.9 Å². The van der Waals surface area contributed by atoms with Crippen LogP contribution in [0.25, 0.3) is 11.4 Å². The van der Waals surface area contributed by atoms with Gasteiger partial charge in [-0.25, -0.2) is 9.37 Å². The lowest BCUT2D eigenvalue weighted by molar-refractivity contribution is 0.628. The first kappa shape index (κ1) is 13.7. The van der Waals surface area contributed by atoms with E-state index in [9.17, 15) is 4.39 Å². The number of benzene rings is 1. The zero-order valence-electron chi connectivity index (χ0n) is 10.9. The summed E-state index contributed by atoms with van der Waals surface area (Å²) in [4.78, 5) is 7.80. The van der Waals surface area contributed by atoms with E-state index < -0.39 is 5.82 Å². The molecule has 20 heavy (non-hydrogen) atoms. The number of aryl methyl sites for hydroxylation is 1. The maximum absolute atomic E-state index is 13.2. The average Bonchev–Trinajstić information content (AvgIpc) is 2.67. The lowest BCUT2D eigenvalue weighted by atomic mass is 10.1. The van der Waals surface area contributed by atoms with E-state index in [4.69, 9.17) is 23.8 Å². The molecule has 104 valence electrons. The minimum absolute atomic E-state index is 0.0959. The molecule has 0 fully saturated rings.